The molecule has 0 bridgehead atoms. The maximum absolute atomic E-state index is 5.20. The average Bonchev–Trinajstić information content (AvgIpc) is 2.40. The molecule has 0 aliphatic heterocycles. The first-order chi connectivity index (χ1) is 9.88. The predicted octanol–water partition coefficient (Wildman–Crippen LogP) is 1.53. The molecule has 1 aromatic carbocycles. The summed E-state index contributed by atoms with van der Waals surface area (Å²) in [6, 6.07) is 6.10. The van der Waals surface area contributed by atoms with Crippen molar-refractivity contribution in [3.63, 3.8) is 0 Å². The zero-order valence-electron chi connectivity index (χ0n) is 12.9. The van der Waals surface area contributed by atoms with Crippen LogP contribution >= 0.6 is 24.4 Å². The highest BCUT2D eigenvalue weighted by atomic mass is 32.1. The minimum absolute atomic E-state index is 0.468. The molecule has 0 saturated heterocycles. The first-order valence-corrected chi connectivity index (χ1v) is 7.53. The van der Waals surface area contributed by atoms with E-state index in [1.54, 1.807) is 0 Å². The van der Waals surface area contributed by atoms with E-state index in [9.17, 15) is 0 Å². The summed E-state index contributed by atoms with van der Waals surface area (Å²) < 4.78 is 0. The van der Waals surface area contributed by atoms with Gasteiger partial charge in [0.2, 0.25) is 0 Å². The molecular formula is C14H23N5S2. The summed E-state index contributed by atoms with van der Waals surface area (Å²) in [6.45, 7) is 5.83. The van der Waals surface area contributed by atoms with Crippen LogP contribution in [0.3, 0.4) is 0 Å². The minimum atomic E-state index is 0.468. The SMILES string of the molecule is Cc1ccc(NC(=S)NNC(=S)NCCN(C)C)cc1C. The number of nitrogens with zero attached hydrogens (tertiary/aromatic N) is 1. The van der Waals surface area contributed by atoms with Gasteiger partial charge in [0.1, 0.15) is 0 Å². The van der Waals surface area contributed by atoms with Gasteiger partial charge in [-0.1, -0.05) is 6.07 Å². The maximum atomic E-state index is 5.20. The van der Waals surface area contributed by atoms with Crippen molar-refractivity contribution in [3.8, 4) is 0 Å². The quantitative estimate of drug-likeness (QED) is 0.495. The third-order valence-corrected chi connectivity index (χ3v) is 3.35. The van der Waals surface area contributed by atoms with Gasteiger partial charge in [0.25, 0.3) is 0 Å². The molecular weight excluding hydrogens is 302 g/mol. The van der Waals surface area contributed by atoms with Crippen molar-refractivity contribution in [2.45, 2.75) is 13.8 Å². The van der Waals surface area contributed by atoms with Crippen molar-refractivity contribution < 1.29 is 0 Å². The number of likely N-dealkylation sites (N-methyl/N-ethyl adjacent to an activating group) is 1. The highest BCUT2D eigenvalue weighted by molar-refractivity contribution is 7.80. The van der Waals surface area contributed by atoms with Crippen LogP contribution in [0, 0.1) is 13.8 Å². The Hall–Kier alpha value is -1.44. The summed E-state index contributed by atoms with van der Waals surface area (Å²) in [4.78, 5) is 2.08. The topological polar surface area (TPSA) is 51.4 Å². The highest BCUT2D eigenvalue weighted by Gasteiger charge is 2.00. The van der Waals surface area contributed by atoms with Crippen LogP contribution in [0.1, 0.15) is 11.1 Å². The number of thiocarbonyl (C=S) groups is 2. The molecule has 0 radical (unpaired) electrons. The number of hydrogen-bond donors (Lipinski definition) is 4. The van der Waals surface area contributed by atoms with Crippen LogP contribution in [0.25, 0.3) is 0 Å². The number of hydrogen-bond acceptors (Lipinski definition) is 3. The Bertz CT molecular complexity index is 502. The van der Waals surface area contributed by atoms with Gasteiger partial charge in [-0.2, -0.15) is 0 Å². The number of anilines is 1. The monoisotopic (exact) mass is 325 g/mol. The molecule has 0 heterocycles. The van der Waals surface area contributed by atoms with E-state index in [0.29, 0.717) is 10.2 Å². The molecule has 1 rings (SSSR count). The number of hydrazine groups is 1. The van der Waals surface area contributed by atoms with Gasteiger partial charge in [0, 0.05) is 18.8 Å². The predicted molar refractivity (Wildman–Crippen MR) is 97.6 cm³/mol. The second kappa shape index (κ2) is 8.76. The molecule has 0 amide bonds. The van der Waals surface area contributed by atoms with Crippen molar-refractivity contribution in [3.05, 3.63) is 29.3 Å². The van der Waals surface area contributed by atoms with Crippen molar-refractivity contribution in [2.24, 2.45) is 0 Å². The van der Waals surface area contributed by atoms with E-state index in [1.807, 2.05) is 20.2 Å². The van der Waals surface area contributed by atoms with E-state index < -0.39 is 0 Å². The summed E-state index contributed by atoms with van der Waals surface area (Å²) in [5.74, 6) is 0. The van der Waals surface area contributed by atoms with Crippen molar-refractivity contribution >= 4 is 40.3 Å². The molecule has 21 heavy (non-hydrogen) atoms. The summed E-state index contributed by atoms with van der Waals surface area (Å²) in [5, 5.41) is 7.16. The van der Waals surface area contributed by atoms with Gasteiger partial charge in [-0.05, 0) is 75.6 Å². The fourth-order valence-electron chi connectivity index (χ4n) is 1.53. The van der Waals surface area contributed by atoms with Gasteiger partial charge in [-0.3, -0.25) is 10.9 Å². The van der Waals surface area contributed by atoms with Crippen LogP contribution < -0.4 is 21.5 Å². The Morgan fingerprint density at radius 1 is 1.05 bits per heavy atom. The molecule has 0 atom stereocenters. The van der Waals surface area contributed by atoms with Crippen LogP contribution in [0.5, 0.6) is 0 Å². The molecule has 0 aliphatic rings. The van der Waals surface area contributed by atoms with Crippen LogP contribution in [0.15, 0.2) is 18.2 Å². The van der Waals surface area contributed by atoms with E-state index in [0.717, 1.165) is 18.8 Å². The van der Waals surface area contributed by atoms with Gasteiger partial charge < -0.3 is 15.5 Å². The van der Waals surface area contributed by atoms with Gasteiger partial charge in [-0.15, -0.1) is 0 Å². The van der Waals surface area contributed by atoms with Crippen LogP contribution in [0.4, 0.5) is 5.69 Å². The van der Waals surface area contributed by atoms with E-state index in [-0.39, 0.29) is 0 Å². The third-order valence-electron chi connectivity index (χ3n) is 2.90. The lowest BCUT2D eigenvalue weighted by molar-refractivity contribution is 0.412. The number of benzene rings is 1. The first kappa shape index (κ1) is 17.6. The second-order valence-electron chi connectivity index (χ2n) is 5.06. The summed E-state index contributed by atoms with van der Waals surface area (Å²) >= 11 is 10.3. The lowest BCUT2D eigenvalue weighted by Crippen LogP contribution is -2.49. The fraction of sp³-hybridized carbons (Fsp3) is 0.429. The summed E-state index contributed by atoms with van der Waals surface area (Å²) in [6.07, 6.45) is 0. The van der Waals surface area contributed by atoms with Crippen molar-refractivity contribution in [2.75, 3.05) is 32.5 Å². The van der Waals surface area contributed by atoms with E-state index in [2.05, 4.69) is 52.4 Å². The molecule has 0 fully saturated rings. The van der Waals surface area contributed by atoms with E-state index in [1.165, 1.54) is 11.1 Å². The van der Waals surface area contributed by atoms with Gasteiger partial charge in [0.05, 0.1) is 0 Å². The standard InChI is InChI=1S/C14H23N5S2/c1-10-5-6-12(9-11(10)2)16-14(21)18-17-13(20)15-7-8-19(3)4/h5-6,9H,7-8H2,1-4H3,(H2,15,17,20)(H2,16,18,21). The minimum Gasteiger partial charge on any atom is -0.360 e. The largest absolute Gasteiger partial charge is 0.360 e. The van der Waals surface area contributed by atoms with E-state index in [4.69, 9.17) is 24.4 Å². The Kier molecular flexibility index (Phi) is 7.35. The number of aryl methyl sites for hydroxylation is 2. The summed E-state index contributed by atoms with van der Waals surface area (Å²) in [5.41, 5.74) is 9.13. The van der Waals surface area contributed by atoms with E-state index >= 15 is 0 Å². The lowest BCUT2D eigenvalue weighted by atomic mass is 10.1. The molecule has 1 aromatic rings. The Morgan fingerprint density at radius 2 is 1.71 bits per heavy atom. The van der Waals surface area contributed by atoms with Crippen LogP contribution in [-0.2, 0) is 0 Å². The van der Waals surface area contributed by atoms with Crippen molar-refractivity contribution in [1.82, 2.24) is 21.1 Å². The smallest absolute Gasteiger partial charge is 0.189 e. The Morgan fingerprint density at radius 3 is 2.33 bits per heavy atom. The molecule has 0 saturated carbocycles. The third kappa shape index (κ3) is 7.22. The second-order valence-corrected chi connectivity index (χ2v) is 5.88. The van der Waals surface area contributed by atoms with Crippen LogP contribution in [0.2, 0.25) is 0 Å². The number of rotatable bonds is 4. The fourth-order valence-corrected chi connectivity index (χ4v) is 1.85. The molecule has 0 aromatic heterocycles. The molecule has 116 valence electrons. The zero-order chi connectivity index (χ0) is 15.8. The maximum Gasteiger partial charge on any atom is 0.189 e. The molecule has 0 unspecified atom stereocenters. The summed E-state index contributed by atoms with van der Waals surface area (Å²) in [7, 11) is 4.03. The van der Waals surface area contributed by atoms with Gasteiger partial charge in [0.15, 0.2) is 10.2 Å². The van der Waals surface area contributed by atoms with Crippen LogP contribution in [-0.4, -0.2) is 42.3 Å². The normalized spacial score (nSPS) is 10.1. The van der Waals surface area contributed by atoms with Gasteiger partial charge >= 0.3 is 0 Å². The Balaban J connectivity index is 2.30. The highest BCUT2D eigenvalue weighted by Crippen LogP contribution is 2.13. The molecule has 5 nitrogen and oxygen atoms in total. The zero-order valence-corrected chi connectivity index (χ0v) is 14.5. The molecule has 0 aliphatic carbocycles. The number of nitrogens with one attached hydrogen (secondary N) is 4. The average molecular weight is 326 g/mol. The van der Waals surface area contributed by atoms with Gasteiger partial charge in [-0.25, -0.2) is 0 Å². The van der Waals surface area contributed by atoms with Crippen molar-refractivity contribution in [1.29, 1.82) is 0 Å². The first-order valence-electron chi connectivity index (χ1n) is 6.71. The molecule has 7 heteroatoms. The Labute approximate surface area is 137 Å². The lowest BCUT2D eigenvalue weighted by Gasteiger charge is -2.16. The molecule has 0 spiro atoms. The molecule has 4 N–H and O–H groups in total.